The van der Waals surface area contributed by atoms with Gasteiger partial charge in [-0.05, 0) is 99.3 Å². The number of nitrogens with zero attached hydrogens (tertiary/aromatic N) is 3. The van der Waals surface area contributed by atoms with Crippen LogP contribution in [0, 0.1) is 5.92 Å². The maximum Gasteiger partial charge on any atom is 0.338 e. The van der Waals surface area contributed by atoms with Gasteiger partial charge < -0.3 is 20.3 Å². The van der Waals surface area contributed by atoms with Crippen molar-refractivity contribution < 1.29 is 22.7 Å². The topological polar surface area (TPSA) is 113 Å². The summed E-state index contributed by atoms with van der Waals surface area (Å²) in [6.45, 7) is 5.93. The molecule has 0 aromatic heterocycles. The van der Waals surface area contributed by atoms with Crippen LogP contribution in [0.2, 0.25) is 0 Å². The highest BCUT2D eigenvalue weighted by Crippen LogP contribution is 2.32. The van der Waals surface area contributed by atoms with E-state index in [1.807, 2.05) is 18.2 Å². The number of benzene rings is 2. The number of hydrogen-bond acceptors (Lipinski definition) is 8. The number of sulfonamides is 1. The lowest BCUT2D eigenvalue weighted by Gasteiger charge is -2.38. The van der Waals surface area contributed by atoms with Gasteiger partial charge in [0.2, 0.25) is 10.0 Å². The minimum Gasteiger partial charge on any atom is -0.465 e. The van der Waals surface area contributed by atoms with E-state index in [9.17, 15) is 18.0 Å². The maximum atomic E-state index is 13.2. The number of rotatable bonds is 8. The second-order valence-corrected chi connectivity index (χ2v) is 13.6. The molecule has 41 heavy (non-hydrogen) atoms. The van der Waals surface area contributed by atoms with Crippen LogP contribution >= 0.6 is 0 Å². The van der Waals surface area contributed by atoms with E-state index in [1.54, 1.807) is 22.5 Å². The number of carbonyl (C=O) groups is 2. The minimum absolute atomic E-state index is 0.0915. The number of methoxy groups -OCH3 is 1. The molecule has 3 saturated heterocycles. The zero-order chi connectivity index (χ0) is 29.0. The third-order valence-electron chi connectivity index (χ3n) is 9.12. The van der Waals surface area contributed by atoms with E-state index < -0.39 is 16.0 Å². The first-order chi connectivity index (χ1) is 19.8. The van der Waals surface area contributed by atoms with Crippen molar-refractivity contribution in [3.8, 4) is 0 Å². The molecule has 222 valence electrons. The van der Waals surface area contributed by atoms with Crippen LogP contribution in [-0.4, -0.2) is 88.8 Å². The van der Waals surface area contributed by atoms with Crippen LogP contribution in [0.15, 0.2) is 47.4 Å². The molecular weight excluding hydrogens is 540 g/mol. The third-order valence-corrected chi connectivity index (χ3v) is 11.0. The summed E-state index contributed by atoms with van der Waals surface area (Å²) in [5.74, 6) is 0.494. The number of carbonyl (C=O) groups excluding carboxylic acids is 2. The Balaban J connectivity index is 1.11. The van der Waals surface area contributed by atoms with Crippen LogP contribution in [0.5, 0.6) is 0 Å². The monoisotopic (exact) mass is 582 g/mol. The van der Waals surface area contributed by atoms with Gasteiger partial charge in [-0.15, -0.1) is 0 Å². The van der Waals surface area contributed by atoms with E-state index in [-0.39, 0.29) is 6.04 Å². The first-order valence-corrected chi connectivity index (χ1v) is 16.2. The summed E-state index contributed by atoms with van der Waals surface area (Å²) in [6, 6.07) is 13.0. The number of nitrogens with two attached hydrogens (primary N) is 1. The Labute approximate surface area is 243 Å². The van der Waals surface area contributed by atoms with Crippen molar-refractivity contribution in [2.24, 2.45) is 11.7 Å². The van der Waals surface area contributed by atoms with Crippen molar-refractivity contribution in [2.75, 3.05) is 57.8 Å². The molecule has 9 nitrogen and oxygen atoms in total. The average molecular weight is 583 g/mol. The summed E-state index contributed by atoms with van der Waals surface area (Å²) in [7, 11) is -2.17. The van der Waals surface area contributed by atoms with Gasteiger partial charge in [0.25, 0.3) is 0 Å². The molecule has 0 amide bonds. The summed E-state index contributed by atoms with van der Waals surface area (Å²) in [5, 5.41) is 0. The lowest BCUT2D eigenvalue weighted by molar-refractivity contribution is 0.0598. The molecule has 5 rings (SSSR count). The summed E-state index contributed by atoms with van der Waals surface area (Å²) in [5.41, 5.74) is 8.72. The lowest BCUT2D eigenvalue weighted by atomic mass is 9.88. The van der Waals surface area contributed by atoms with Gasteiger partial charge in [0, 0.05) is 50.0 Å². The highest BCUT2D eigenvalue weighted by Gasteiger charge is 2.30. The van der Waals surface area contributed by atoms with Crippen molar-refractivity contribution in [2.45, 2.75) is 55.4 Å². The van der Waals surface area contributed by atoms with E-state index >= 15 is 0 Å². The molecule has 0 bridgehead atoms. The predicted molar refractivity (Wildman–Crippen MR) is 159 cm³/mol. The molecule has 0 atom stereocenters. The zero-order valence-electron chi connectivity index (χ0n) is 23.9. The van der Waals surface area contributed by atoms with E-state index in [0.717, 1.165) is 69.7 Å². The Morgan fingerprint density at radius 2 is 1.66 bits per heavy atom. The number of aldehydes is 1. The quantitative estimate of drug-likeness (QED) is 0.372. The fourth-order valence-electron chi connectivity index (χ4n) is 6.52. The smallest absolute Gasteiger partial charge is 0.338 e. The maximum absolute atomic E-state index is 13.2. The van der Waals surface area contributed by atoms with Crippen LogP contribution in [0.25, 0.3) is 0 Å². The molecule has 3 aliphatic heterocycles. The van der Waals surface area contributed by atoms with Gasteiger partial charge in [-0.3, -0.25) is 4.79 Å². The number of likely N-dealkylation sites (tertiary alicyclic amines) is 1. The predicted octanol–water partition coefficient (Wildman–Crippen LogP) is 3.49. The SMILES string of the molecule is COC(=O)c1ccc(N2CCC(CN3CCC(c4cccc(S(=O)(=O)N5CCC(N)CC5)c4)CC3)CC2)cc1C=O. The minimum atomic E-state index is -3.49. The summed E-state index contributed by atoms with van der Waals surface area (Å²) in [6.07, 6.45) is 6.35. The molecule has 0 aliphatic carbocycles. The summed E-state index contributed by atoms with van der Waals surface area (Å²) in [4.78, 5) is 28.7. The molecule has 3 heterocycles. The molecule has 0 saturated carbocycles. The highest BCUT2D eigenvalue weighted by atomic mass is 32.2. The standard InChI is InChI=1S/C31H42N4O5S/c1-40-31(37)30-6-5-28(19-26(30)22-36)34-15-7-23(8-16-34)21-33-13-9-24(10-14-33)25-3-2-4-29(20-25)41(38,39)35-17-11-27(32)12-18-35/h2-6,19-20,22-24,27H,7-18,21,32H2,1H3. The Bertz CT molecular complexity index is 1330. The zero-order valence-corrected chi connectivity index (χ0v) is 24.7. The third kappa shape index (κ3) is 6.83. The Morgan fingerprint density at radius 1 is 0.951 bits per heavy atom. The number of hydrogen-bond donors (Lipinski definition) is 1. The Hall–Kier alpha value is -2.79. The van der Waals surface area contributed by atoms with Gasteiger partial charge in [-0.2, -0.15) is 4.31 Å². The first kappa shape index (κ1) is 29.7. The van der Waals surface area contributed by atoms with Gasteiger partial charge in [0.05, 0.1) is 17.6 Å². The molecule has 0 spiro atoms. The van der Waals surface area contributed by atoms with Crippen molar-refractivity contribution in [1.82, 2.24) is 9.21 Å². The van der Waals surface area contributed by atoms with Crippen LogP contribution in [0.3, 0.4) is 0 Å². The average Bonchev–Trinajstić information content (AvgIpc) is 3.01. The van der Waals surface area contributed by atoms with Gasteiger partial charge >= 0.3 is 5.97 Å². The van der Waals surface area contributed by atoms with Gasteiger partial charge in [-0.1, -0.05) is 12.1 Å². The van der Waals surface area contributed by atoms with Crippen LogP contribution in [-0.2, 0) is 14.8 Å². The Kier molecular flexibility index (Phi) is 9.43. The summed E-state index contributed by atoms with van der Waals surface area (Å²) < 4.78 is 32.9. The second kappa shape index (κ2) is 13.0. The summed E-state index contributed by atoms with van der Waals surface area (Å²) >= 11 is 0. The molecule has 2 aromatic rings. The van der Waals surface area contributed by atoms with Crippen LogP contribution < -0.4 is 10.6 Å². The Morgan fingerprint density at radius 3 is 2.32 bits per heavy atom. The van der Waals surface area contributed by atoms with Crippen molar-refractivity contribution in [3.63, 3.8) is 0 Å². The number of esters is 1. The molecule has 10 heteroatoms. The van der Waals surface area contributed by atoms with E-state index in [2.05, 4.69) is 15.9 Å². The van der Waals surface area contributed by atoms with Crippen LogP contribution in [0.1, 0.15) is 70.7 Å². The molecule has 3 fully saturated rings. The molecular formula is C31H42N4O5S. The normalized spacial score (nSPS) is 20.7. The van der Waals surface area contributed by atoms with Crippen molar-refractivity contribution in [1.29, 1.82) is 0 Å². The van der Waals surface area contributed by atoms with E-state index in [0.29, 0.717) is 60.1 Å². The molecule has 3 aliphatic rings. The fraction of sp³-hybridized carbons (Fsp3) is 0.548. The molecule has 0 radical (unpaired) electrons. The van der Waals surface area contributed by atoms with Crippen LogP contribution in [0.4, 0.5) is 5.69 Å². The van der Waals surface area contributed by atoms with Crippen molar-refractivity contribution >= 4 is 28.0 Å². The van der Waals surface area contributed by atoms with Gasteiger partial charge in [-0.25, -0.2) is 13.2 Å². The van der Waals surface area contributed by atoms with E-state index in [1.165, 1.54) is 7.11 Å². The largest absolute Gasteiger partial charge is 0.465 e. The molecule has 0 unspecified atom stereocenters. The first-order valence-electron chi connectivity index (χ1n) is 14.8. The van der Waals surface area contributed by atoms with E-state index in [4.69, 9.17) is 10.5 Å². The van der Waals surface area contributed by atoms with Gasteiger partial charge in [0.1, 0.15) is 0 Å². The lowest BCUT2D eigenvalue weighted by Crippen LogP contribution is -2.42. The second-order valence-electron chi connectivity index (χ2n) is 11.7. The highest BCUT2D eigenvalue weighted by molar-refractivity contribution is 7.89. The molecule has 2 N–H and O–H groups in total. The number of piperidine rings is 3. The number of anilines is 1. The fourth-order valence-corrected chi connectivity index (χ4v) is 8.05. The molecule has 2 aromatic carbocycles. The van der Waals surface area contributed by atoms with Gasteiger partial charge in [0.15, 0.2) is 6.29 Å². The number of ether oxygens (including phenoxy) is 1. The van der Waals surface area contributed by atoms with Crippen molar-refractivity contribution in [3.05, 3.63) is 59.2 Å².